The minimum absolute atomic E-state index is 0.0423. The minimum atomic E-state index is -0.135. The van der Waals surface area contributed by atoms with Crippen LogP contribution in [0.5, 0.6) is 0 Å². The van der Waals surface area contributed by atoms with E-state index in [1.807, 2.05) is 55.8 Å². The zero-order valence-electron chi connectivity index (χ0n) is 20.2. The van der Waals surface area contributed by atoms with Gasteiger partial charge in [-0.05, 0) is 52.2 Å². The molecule has 0 spiro atoms. The predicted molar refractivity (Wildman–Crippen MR) is 130 cm³/mol. The van der Waals surface area contributed by atoms with E-state index in [1.54, 1.807) is 0 Å². The van der Waals surface area contributed by atoms with Gasteiger partial charge in [0, 0.05) is 38.0 Å². The number of hydrogen-bond acceptors (Lipinski definition) is 6. The van der Waals surface area contributed by atoms with Crippen molar-refractivity contribution in [2.45, 2.75) is 47.0 Å². The molecule has 1 fully saturated rings. The van der Waals surface area contributed by atoms with E-state index in [2.05, 4.69) is 20.7 Å². The zero-order valence-corrected chi connectivity index (χ0v) is 20.2. The van der Waals surface area contributed by atoms with Crippen molar-refractivity contribution in [3.05, 3.63) is 53.0 Å². The topological polar surface area (TPSA) is 105 Å². The predicted octanol–water partition coefficient (Wildman–Crippen LogP) is 3.32. The number of benzene rings is 1. The van der Waals surface area contributed by atoms with Crippen molar-refractivity contribution in [1.29, 1.82) is 0 Å². The van der Waals surface area contributed by atoms with Crippen molar-refractivity contribution < 1.29 is 14.1 Å². The number of anilines is 2. The summed E-state index contributed by atoms with van der Waals surface area (Å²) in [6.45, 7) is 9.17. The van der Waals surface area contributed by atoms with Crippen LogP contribution in [0, 0.1) is 26.7 Å². The van der Waals surface area contributed by atoms with Crippen molar-refractivity contribution in [3.8, 4) is 5.69 Å². The molecule has 180 valence electrons. The molecule has 2 amide bonds. The molecule has 2 N–H and O–H groups in total. The first-order valence-corrected chi connectivity index (χ1v) is 11.7. The standard InChI is InChI=1S/C25H32N6O3/c1-16-22(18(3)34-29-16)10-13-26-24(33)20-11-14-30(15-12-20)25-23(27-19(4)32)17(2)28-31(25)21-8-6-5-7-9-21/h5-9,20H,10-15H2,1-4H3,(H,26,33)(H,27,32). The maximum absolute atomic E-state index is 12.8. The molecule has 4 rings (SSSR count). The molecule has 9 heteroatoms. The number of para-hydroxylation sites is 1. The highest BCUT2D eigenvalue weighted by Crippen LogP contribution is 2.34. The van der Waals surface area contributed by atoms with Crippen LogP contribution in [-0.2, 0) is 16.0 Å². The molecule has 34 heavy (non-hydrogen) atoms. The second kappa shape index (κ2) is 10.1. The molecule has 0 bridgehead atoms. The Morgan fingerprint density at radius 2 is 1.79 bits per heavy atom. The third kappa shape index (κ3) is 4.98. The minimum Gasteiger partial charge on any atom is -0.361 e. The highest BCUT2D eigenvalue weighted by Gasteiger charge is 2.29. The molecule has 1 aliphatic heterocycles. The van der Waals surface area contributed by atoms with E-state index < -0.39 is 0 Å². The maximum atomic E-state index is 12.8. The summed E-state index contributed by atoms with van der Waals surface area (Å²) in [6.07, 6.45) is 2.17. The highest BCUT2D eigenvalue weighted by molar-refractivity contribution is 5.93. The van der Waals surface area contributed by atoms with Crippen LogP contribution in [-0.4, -0.2) is 46.4 Å². The molecule has 0 unspecified atom stereocenters. The van der Waals surface area contributed by atoms with Gasteiger partial charge in [-0.1, -0.05) is 23.4 Å². The fourth-order valence-corrected chi connectivity index (χ4v) is 4.55. The lowest BCUT2D eigenvalue weighted by Gasteiger charge is -2.33. The van der Waals surface area contributed by atoms with Gasteiger partial charge in [0.1, 0.15) is 11.4 Å². The van der Waals surface area contributed by atoms with Crippen molar-refractivity contribution in [1.82, 2.24) is 20.3 Å². The Morgan fingerprint density at radius 1 is 1.09 bits per heavy atom. The maximum Gasteiger partial charge on any atom is 0.223 e. The van der Waals surface area contributed by atoms with Gasteiger partial charge in [-0.3, -0.25) is 9.59 Å². The Hall–Kier alpha value is -3.62. The van der Waals surface area contributed by atoms with Crippen LogP contribution in [0.3, 0.4) is 0 Å². The normalized spacial score (nSPS) is 14.3. The quantitative estimate of drug-likeness (QED) is 0.556. The van der Waals surface area contributed by atoms with E-state index in [-0.39, 0.29) is 17.7 Å². The number of aryl methyl sites for hydroxylation is 3. The third-order valence-electron chi connectivity index (χ3n) is 6.36. The van der Waals surface area contributed by atoms with Crippen LogP contribution in [0.1, 0.15) is 42.5 Å². The van der Waals surface area contributed by atoms with Crippen molar-refractivity contribution in [3.63, 3.8) is 0 Å². The van der Waals surface area contributed by atoms with Gasteiger partial charge in [-0.25, -0.2) is 4.68 Å². The largest absolute Gasteiger partial charge is 0.361 e. The molecule has 0 atom stereocenters. The first-order valence-electron chi connectivity index (χ1n) is 11.7. The number of amides is 2. The zero-order chi connectivity index (χ0) is 24.2. The van der Waals surface area contributed by atoms with Gasteiger partial charge in [0.15, 0.2) is 5.82 Å². The van der Waals surface area contributed by atoms with Crippen molar-refractivity contribution in [2.24, 2.45) is 5.92 Å². The average molecular weight is 465 g/mol. The van der Waals surface area contributed by atoms with E-state index in [0.717, 1.165) is 52.7 Å². The number of carbonyl (C=O) groups excluding carboxylic acids is 2. The summed E-state index contributed by atoms with van der Waals surface area (Å²) in [4.78, 5) is 26.9. The van der Waals surface area contributed by atoms with Gasteiger partial charge in [0.05, 0.1) is 17.1 Å². The van der Waals surface area contributed by atoms with Crippen molar-refractivity contribution >= 4 is 23.3 Å². The second-order valence-corrected chi connectivity index (χ2v) is 8.82. The number of piperidine rings is 1. The Morgan fingerprint density at radius 3 is 2.41 bits per heavy atom. The fourth-order valence-electron chi connectivity index (χ4n) is 4.55. The lowest BCUT2D eigenvalue weighted by Crippen LogP contribution is -2.42. The van der Waals surface area contributed by atoms with Crippen LogP contribution in [0.15, 0.2) is 34.9 Å². The molecular formula is C25H32N6O3. The molecule has 2 aromatic heterocycles. The number of hydrogen-bond donors (Lipinski definition) is 2. The Bertz CT molecular complexity index is 1140. The average Bonchev–Trinajstić information content (AvgIpc) is 3.32. The lowest BCUT2D eigenvalue weighted by molar-refractivity contribution is -0.125. The van der Waals surface area contributed by atoms with Gasteiger partial charge in [-0.2, -0.15) is 5.10 Å². The SMILES string of the molecule is CC(=O)Nc1c(C)nn(-c2ccccc2)c1N1CCC(C(=O)NCCc2c(C)noc2C)CC1. The van der Waals surface area contributed by atoms with Crippen LogP contribution in [0.4, 0.5) is 11.5 Å². The first kappa shape index (κ1) is 23.5. The Labute approximate surface area is 199 Å². The number of nitrogens with one attached hydrogen (secondary N) is 2. The van der Waals surface area contributed by atoms with E-state index >= 15 is 0 Å². The summed E-state index contributed by atoms with van der Waals surface area (Å²) < 4.78 is 7.08. The van der Waals surface area contributed by atoms with Gasteiger partial charge in [-0.15, -0.1) is 0 Å². The summed E-state index contributed by atoms with van der Waals surface area (Å²) in [5, 5.41) is 14.7. The highest BCUT2D eigenvalue weighted by atomic mass is 16.5. The van der Waals surface area contributed by atoms with Gasteiger partial charge in [0.25, 0.3) is 0 Å². The second-order valence-electron chi connectivity index (χ2n) is 8.82. The molecule has 1 aromatic carbocycles. The van der Waals surface area contributed by atoms with Crippen LogP contribution >= 0.6 is 0 Å². The molecule has 1 aliphatic rings. The number of carbonyl (C=O) groups is 2. The van der Waals surface area contributed by atoms with E-state index in [1.165, 1.54) is 6.92 Å². The fraction of sp³-hybridized carbons (Fsp3) is 0.440. The lowest BCUT2D eigenvalue weighted by atomic mass is 9.95. The molecular weight excluding hydrogens is 432 g/mol. The van der Waals surface area contributed by atoms with Gasteiger partial charge < -0.3 is 20.1 Å². The smallest absolute Gasteiger partial charge is 0.223 e. The van der Waals surface area contributed by atoms with E-state index in [0.29, 0.717) is 26.1 Å². The van der Waals surface area contributed by atoms with Crippen LogP contribution in [0.2, 0.25) is 0 Å². The third-order valence-corrected chi connectivity index (χ3v) is 6.36. The molecule has 9 nitrogen and oxygen atoms in total. The molecule has 3 aromatic rings. The summed E-state index contributed by atoms with van der Waals surface area (Å²) in [5.41, 5.74) is 4.34. The monoisotopic (exact) mass is 464 g/mol. The number of nitrogens with zero attached hydrogens (tertiary/aromatic N) is 4. The van der Waals surface area contributed by atoms with Gasteiger partial charge in [0.2, 0.25) is 11.8 Å². The number of rotatable bonds is 7. The van der Waals surface area contributed by atoms with Crippen LogP contribution in [0.25, 0.3) is 5.69 Å². The van der Waals surface area contributed by atoms with Crippen LogP contribution < -0.4 is 15.5 Å². The first-order chi connectivity index (χ1) is 16.3. The summed E-state index contributed by atoms with van der Waals surface area (Å²) in [7, 11) is 0. The van der Waals surface area contributed by atoms with E-state index in [4.69, 9.17) is 9.62 Å². The summed E-state index contributed by atoms with van der Waals surface area (Å²) in [5.74, 6) is 1.57. The molecule has 0 aliphatic carbocycles. The molecule has 0 radical (unpaired) electrons. The van der Waals surface area contributed by atoms with Crippen molar-refractivity contribution in [2.75, 3.05) is 29.9 Å². The molecule has 1 saturated heterocycles. The molecule has 3 heterocycles. The Kier molecular flexibility index (Phi) is 7.00. The number of aromatic nitrogens is 3. The Balaban J connectivity index is 1.43. The van der Waals surface area contributed by atoms with Gasteiger partial charge >= 0.3 is 0 Å². The molecule has 0 saturated carbocycles. The van der Waals surface area contributed by atoms with E-state index in [9.17, 15) is 9.59 Å². The summed E-state index contributed by atoms with van der Waals surface area (Å²) >= 11 is 0. The summed E-state index contributed by atoms with van der Waals surface area (Å²) in [6, 6.07) is 9.88.